The molecule has 0 spiro atoms. The summed E-state index contributed by atoms with van der Waals surface area (Å²) in [6.45, 7) is 6.60. The number of hydrogen-bond donors (Lipinski definition) is 2. The second-order valence-electron chi connectivity index (χ2n) is 6.59. The monoisotopic (exact) mass is 282 g/mol. The Hall–Kier alpha value is -0.610. The SMILES string of the molecule is CCCN(CCC)C1CCCC(NC2CC2)(C(=O)O)C1. The highest BCUT2D eigenvalue weighted by atomic mass is 16.4. The molecular formula is C16H30N2O2. The predicted octanol–water partition coefficient (Wildman–Crippen LogP) is 2.63. The van der Waals surface area contributed by atoms with Crippen LogP contribution in [-0.2, 0) is 4.79 Å². The first-order valence-electron chi connectivity index (χ1n) is 8.36. The van der Waals surface area contributed by atoms with Crippen molar-refractivity contribution in [2.24, 2.45) is 0 Å². The molecule has 0 heterocycles. The fourth-order valence-electron chi connectivity index (χ4n) is 3.61. The highest BCUT2D eigenvalue weighted by Crippen LogP contribution is 2.35. The molecule has 0 aromatic carbocycles. The minimum atomic E-state index is -0.663. The summed E-state index contributed by atoms with van der Waals surface area (Å²) in [6, 6.07) is 0.890. The summed E-state index contributed by atoms with van der Waals surface area (Å²) in [5, 5.41) is 13.2. The number of nitrogens with zero attached hydrogens (tertiary/aromatic N) is 1. The van der Waals surface area contributed by atoms with Crippen LogP contribution in [0.2, 0.25) is 0 Å². The third-order valence-corrected chi connectivity index (χ3v) is 4.73. The van der Waals surface area contributed by atoms with E-state index < -0.39 is 11.5 Å². The highest BCUT2D eigenvalue weighted by Gasteiger charge is 2.46. The number of rotatable bonds is 8. The molecule has 2 unspecified atom stereocenters. The van der Waals surface area contributed by atoms with Crippen LogP contribution in [0.15, 0.2) is 0 Å². The summed E-state index contributed by atoms with van der Waals surface area (Å²) in [4.78, 5) is 14.4. The molecule has 0 radical (unpaired) electrons. The van der Waals surface area contributed by atoms with Gasteiger partial charge in [0.05, 0.1) is 0 Å². The first kappa shape index (κ1) is 15.8. The van der Waals surface area contributed by atoms with E-state index in [1.54, 1.807) is 0 Å². The van der Waals surface area contributed by atoms with Crippen LogP contribution in [0.4, 0.5) is 0 Å². The van der Waals surface area contributed by atoms with Gasteiger partial charge in [-0.25, -0.2) is 0 Å². The van der Waals surface area contributed by atoms with Crippen LogP contribution >= 0.6 is 0 Å². The van der Waals surface area contributed by atoms with Crippen molar-refractivity contribution < 1.29 is 9.90 Å². The molecular weight excluding hydrogens is 252 g/mol. The van der Waals surface area contributed by atoms with Crippen molar-refractivity contribution in [3.63, 3.8) is 0 Å². The number of nitrogens with one attached hydrogen (secondary N) is 1. The maximum atomic E-state index is 11.8. The summed E-state index contributed by atoms with van der Waals surface area (Å²) in [5.74, 6) is -0.637. The Morgan fingerprint density at radius 1 is 1.25 bits per heavy atom. The average molecular weight is 282 g/mol. The molecule has 2 N–H and O–H groups in total. The van der Waals surface area contributed by atoms with E-state index in [4.69, 9.17) is 0 Å². The minimum Gasteiger partial charge on any atom is -0.480 e. The number of carbonyl (C=O) groups is 1. The van der Waals surface area contributed by atoms with Gasteiger partial charge in [0.2, 0.25) is 0 Å². The maximum absolute atomic E-state index is 11.8. The summed E-state index contributed by atoms with van der Waals surface area (Å²) in [6.07, 6.45) is 8.34. The average Bonchev–Trinajstić information content (AvgIpc) is 3.22. The van der Waals surface area contributed by atoms with E-state index in [0.29, 0.717) is 12.1 Å². The Morgan fingerprint density at radius 3 is 2.40 bits per heavy atom. The summed E-state index contributed by atoms with van der Waals surface area (Å²) in [7, 11) is 0. The van der Waals surface area contributed by atoms with Gasteiger partial charge >= 0.3 is 5.97 Å². The lowest BCUT2D eigenvalue weighted by Gasteiger charge is -2.43. The Balaban J connectivity index is 2.05. The normalized spacial score (nSPS) is 30.6. The van der Waals surface area contributed by atoms with Crippen LogP contribution in [0.5, 0.6) is 0 Å². The topological polar surface area (TPSA) is 52.6 Å². The van der Waals surface area contributed by atoms with Gasteiger partial charge in [-0.1, -0.05) is 13.8 Å². The predicted molar refractivity (Wildman–Crippen MR) is 80.9 cm³/mol. The van der Waals surface area contributed by atoms with Gasteiger partial charge in [-0.2, -0.15) is 0 Å². The van der Waals surface area contributed by atoms with Gasteiger partial charge in [0, 0.05) is 12.1 Å². The molecule has 0 saturated heterocycles. The molecule has 2 rings (SSSR count). The van der Waals surface area contributed by atoms with E-state index in [2.05, 4.69) is 24.1 Å². The molecule has 0 aromatic rings. The van der Waals surface area contributed by atoms with E-state index in [9.17, 15) is 9.90 Å². The van der Waals surface area contributed by atoms with Crippen LogP contribution in [0.25, 0.3) is 0 Å². The van der Waals surface area contributed by atoms with E-state index in [1.165, 1.54) is 0 Å². The van der Waals surface area contributed by atoms with Gasteiger partial charge in [-0.15, -0.1) is 0 Å². The zero-order valence-corrected chi connectivity index (χ0v) is 13.0. The lowest BCUT2D eigenvalue weighted by molar-refractivity contribution is -0.147. The first-order chi connectivity index (χ1) is 9.61. The van der Waals surface area contributed by atoms with E-state index in [0.717, 1.165) is 64.5 Å². The molecule has 4 heteroatoms. The van der Waals surface area contributed by atoms with Gasteiger partial charge < -0.3 is 10.0 Å². The van der Waals surface area contributed by atoms with Crippen LogP contribution < -0.4 is 5.32 Å². The molecule has 0 aromatic heterocycles. The third kappa shape index (κ3) is 3.73. The highest BCUT2D eigenvalue weighted by molar-refractivity contribution is 5.79. The van der Waals surface area contributed by atoms with Crippen LogP contribution in [0.3, 0.4) is 0 Å². The molecule has 0 bridgehead atoms. The van der Waals surface area contributed by atoms with Crippen LogP contribution in [0.1, 0.15) is 65.2 Å². The number of carboxylic acid groups (broad SMARTS) is 1. The van der Waals surface area contributed by atoms with Crippen molar-refractivity contribution >= 4 is 5.97 Å². The van der Waals surface area contributed by atoms with Crippen molar-refractivity contribution in [1.29, 1.82) is 0 Å². The minimum absolute atomic E-state index is 0.436. The van der Waals surface area contributed by atoms with Crippen molar-refractivity contribution in [1.82, 2.24) is 10.2 Å². The standard InChI is InChI=1S/C16H30N2O2/c1-3-10-18(11-4-2)14-6-5-9-16(12-14,15(19)20)17-13-7-8-13/h13-14,17H,3-12H2,1-2H3,(H,19,20). The number of hydrogen-bond acceptors (Lipinski definition) is 3. The van der Waals surface area contributed by atoms with Crippen LogP contribution in [-0.4, -0.2) is 46.7 Å². The second-order valence-corrected chi connectivity index (χ2v) is 6.59. The Labute approximate surface area is 122 Å². The molecule has 0 amide bonds. The van der Waals surface area contributed by atoms with Crippen LogP contribution in [0, 0.1) is 0 Å². The summed E-state index contributed by atoms with van der Waals surface area (Å²) >= 11 is 0. The van der Waals surface area contributed by atoms with E-state index in [-0.39, 0.29) is 0 Å². The zero-order valence-electron chi connectivity index (χ0n) is 13.0. The number of carboxylic acids is 1. The largest absolute Gasteiger partial charge is 0.480 e. The Morgan fingerprint density at radius 2 is 1.90 bits per heavy atom. The van der Waals surface area contributed by atoms with Gasteiger partial charge in [0.15, 0.2) is 0 Å². The fourth-order valence-corrected chi connectivity index (χ4v) is 3.61. The molecule has 20 heavy (non-hydrogen) atoms. The van der Waals surface area contributed by atoms with Gasteiger partial charge in [0.1, 0.15) is 5.54 Å². The third-order valence-electron chi connectivity index (χ3n) is 4.73. The molecule has 0 aliphatic heterocycles. The molecule has 2 atom stereocenters. The maximum Gasteiger partial charge on any atom is 0.323 e. The number of aliphatic carboxylic acids is 1. The lowest BCUT2D eigenvalue weighted by atomic mass is 9.78. The van der Waals surface area contributed by atoms with Gasteiger partial charge in [0.25, 0.3) is 0 Å². The smallest absolute Gasteiger partial charge is 0.323 e. The fraction of sp³-hybridized carbons (Fsp3) is 0.938. The quantitative estimate of drug-likeness (QED) is 0.718. The zero-order chi connectivity index (χ0) is 14.6. The first-order valence-corrected chi connectivity index (χ1v) is 8.36. The van der Waals surface area contributed by atoms with Crippen molar-refractivity contribution in [2.45, 2.75) is 82.8 Å². The van der Waals surface area contributed by atoms with Gasteiger partial charge in [-0.05, 0) is 64.5 Å². The van der Waals surface area contributed by atoms with Gasteiger partial charge in [-0.3, -0.25) is 10.1 Å². The molecule has 2 saturated carbocycles. The molecule has 4 nitrogen and oxygen atoms in total. The molecule has 116 valence electrons. The summed E-state index contributed by atoms with van der Waals surface area (Å²) < 4.78 is 0. The molecule has 2 aliphatic rings. The molecule has 2 fully saturated rings. The van der Waals surface area contributed by atoms with Crippen molar-refractivity contribution in [3.8, 4) is 0 Å². The van der Waals surface area contributed by atoms with E-state index >= 15 is 0 Å². The summed E-state index contributed by atoms with van der Waals surface area (Å²) in [5.41, 5.74) is -0.663. The van der Waals surface area contributed by atoms with Crippen molar-refractivity contribution in [2.75, 3.05) is 13.1 Å². The van der Waals surface area contributed by atoms with Crippen molar-refractivity contribution in [3.05, 3.63) is 0 Å². The molecule has 2 aliphatic carbocycles. The van der Waals surface area contributed by atoms with E-state index in [1.807, 2.05) is 0 Å². The second kappa shape index (κ2) is 6.90. The Bertz CT molecular complexity index is 324. The Kier molecular flexibility index (Phi) is 5.44. The lowest BCUT2D eigenvalue weighted by Crippen LogP contribution is -2.59.